The SMILES string of the molecule is COc1ccc2c(CN[C@@H]3CCC[C@@H](C)[C@H]3C)cc(=O)oc2c1. The normalized spacial score (nSPS) is 24.7. The molecule has 124 valence electrons. The van der Waals surface area contributed by atoms with Crippen LogP contribution in [0.25, 0.3) is 11.0 Å². The lowest BCUT2D eigenvalue weighted by Gasteiger charge is -2.34. The van der Waals surface area contributed by atoms with E-state index in [0.717, 1.165) is 16.9 Å². The summed E-state index contributed by atoms with van der Waals surface area (Å²) in [6.45, 7) is 5.34. The number of benzene rings is 1. The van der Waals surface area contributed by atoms with Crippen LogP contribution in [0, 0.1) is 11.8 Å². The molecule has 1 aliphatic rings. The molecule has 0 spiro atoms. The van der Waals surface area contributed by atoms with Gasteiger partial charge in [0.1, 0.15) is 11.3 Å². The summed E-state index contributed by atoms with van der Waals surface area (Å²) in [6, 6.07) is 7.74. The molecular weight excluding hydrogens is 290 g/mol. The van der Waals surface area contributed by atoms with Gasteiger partial charge in [-0.05, 0) is 36.0 Å². The van der Waals surface area contributed by atoms with Crippen molar-refractivity contribution in [3.05, 3.63) is 40.2 Å². The lowest BCUT2D eigenvalue weighted by atomic mass is 9.78. The summed E-state index contributed by atoms with van der Waals surface area (Å²) in [5.74, 6) is 2.11. The summed E-state index contributed by atoms with van der Waals surface area (Å²) in [6.07, 6.45) is 3.80. The highest BCUT2D eigenvalue weighted by atomic mass is 16.5. The second kappa shape index (κ2) is 6.75. The van der Waals surface area contributed by atoms with Crippen LogP contribution >= 0.6 is 0 Å². The third-order valence-electron chi connectivity index (χ3n) is 5.30. The molecule has 0 saturated heterocycles. The first-order chi connectivity index (χ1) is 11.1. The van der Waals surface area contributed by atoms with Gasteiger partial charge in [-0.15, -0.1) is 0 Å². The average molecular weight is 315 g/mol. The number of rotatable bonds is 4. The van der Waals surface area contributed by atoms with Crippen LogP contribution < -0.4 is 15.7 Å². The Labute approximate surface area is 136 Å². The molecule has 0 radical (unpaired) electrons. The third-order valence-corrected chi connectivity index (χ3v) is 5.30. The molecule has 1 aromatic heterocycles. The second-order valence-electron chi connectivity index (χ2n) is 6.71. The van der Waals surface area contributed by atoms with E-state index in [9.17, 15) is 4.79 Å². The van der Waals surface area contributed by atoms with Crippen LogP contribution in [-0.4, -0.2) is 13.2 Å². The molecule has 1 N–H and O–H groups in total. The molecule has 3 rings (SSSR count). The fourth-order valence-corrected chi connectivity index (χ4v) is 3.59. The number of fused-ring (bicyclic) bond motifs is 1. The fourth-order valence-electron chi connectivity index (χ4n) is 3.59. The maximum absolute atomic E-state index is 11.8. The van der Waals surface area contributed by atoms with E-state index in [1.165, 1.54) is 19.3 Å². The first-order valence-electron chi connectivity index (χ1n) is 8.42. The number of ether oxygens (including phenoxy) is 1. The highest BCUT2D eigenvalue weighted by Gasteiger charge is 2.26. The first-order valence-corrected chi connectivity index (χ1v) is 8.42. The van der Waals surface area contributed by atoms with Crippen molar-refractivity contribution in [2.24, 2.45) is 11.8 Å². The van der Waals surface area contributed by atoms with Crippen LogP contribution in [0.3, 0.4) is 0 Å². The molecule has 4 heteroatoms. The Bertz CT molecular complexity index is 737. The molecule has 1 heterocycles. The molecule has 4 nitrogen and oxygen atoms in total. The first kappa shape index (κ1) is 16.1. The summed E-state index contributed by atoms with van der Waals surface area (Å²) >= 11 is 0. The summed E-state index contributed by atoms with van der Waals surface area (Å²) in [4.78, 5) is 11.8. The van der Waals surface area contributed by atoms with Gasteiger partial charge in [0.2, 0.25) is 0 Å². The topological polar surface area (TPSA) is 51.5 Å². The Hall–Kier alpha value is -1.81. The smallest absolute Gasteiger partial charge is 0.336 e. The number of hydrogen-bond acceptors (Lipinski definition) is 4. The molecule has 23 heavy (non-hydrogen) atoms. The Morgan fingerprint density at radius 3 is 2.87 bits per heavy atom. The zero-order valence-corrected chi connectivity index (χ0v) is 14.1. The largest absolute Gasteiger partial charge is 0.497 e. The Balaban J connectivity index is 1.83. The number of methoxy groups -OCH3 is 1. The second-order valence-corrected chi connectivity index (χ2v) is 6.71. The third kappa shape index (κ3) is 3.42. The molecule has 0 amide bonds. The highest BCUT2D eigenvalue weighted by molar-refractivity contribution is 5.81. The van der Waals surface area contributed by atoms with Crippen molar-refractivity contribution in [3.63, 3.8) is 0 Å². The lowest BCUT2D eigenvalue weighted by molar-refractivity contribution is 0.206. The van der Waals surface area contributed by atoms with Crippen LogP contribution in [0.1, 0.15) is 38.7 Å². The predicted molar refractivity (Wildman–Crippen MR) is 91.8 cm³/mol. The van der Waals surface area contributed by atoms with Crippen LogP contribution in [0.5, 0.6) is 5.75 Å². The van der Waals surface area contributed by atoms with Gasteiger partial charge in [-0.3, -0.25) is 0 Å². The van der Waals surface area contributed by atoms with Crippen LogP contribution in [0.2, 0.25) is 0 Å². The van der Waals surface area contributed by atoms with E-state index in [2.05, 4.69) is 19.2 Å². The van der Waals surface area contributed by atoms with Gasteiger partial charge < -0.3 is 14.5 Å². The Morgan fingerprint density at radius 1 is 1.26 bits per heavy atom. The zero-order valence-electron chi connectivity index (χ0n) is 14.1. The van der Waals surface area contributed by atoms with Crippen LogP contribution in [0.4, 0.5) is 0 Å². The van der Waals surface area contributed by atoms with E-state index in [1.807, 2.05) is 12.1 Å². The fraction of sp³-hybridized carbons (Fsp3) is 0.526. The van der Waals surface area contributed by atoms with Gasteiger partial charge in [0, 0.05) is 30.1 Å². The Kier molecular flexibility index (Phi) is 4.71. The van der Waals surface area contributed by atoms with Gasteiger partial charge in [0.05, 0.1) is 7.11 Å². The minimum atomic E-state index is -0.312. The van der Waals surface area contributed by atoms with Crippen LogP contribution in [0.15, 0.2) is 33.5 Å². The van der Waals surface area contributed by atoms with Gasteiger partial charge in [0.15, 0.2) is 0 Å². The van der Waals surface area contributed by atoms with E-state index in [1.54, 1.807) is 19.2 Å². The summed E-state index contributed by atoms with van der Waals surface area (Å²) in [5, 5.41) is 4.62. The molecule has 1 saturated carbocycles. The maximum Gasteiger partial charge on any atom is 0.336 e. The van der Waals surface area contributed by atoms with Crippen molar-refractivity contribution in [2.75, 3.05) is 7.11 Å². The summed E-state index contributed by atoms with van der Waals surface area (Å²) < 4.78 is 10.5. The molecule has 1 aromatic carbocycles. The molecule has 0 aliphatic heterocycles. The minimum Gasteiger partial charge on any atom is -0.497 e. The molecule has 1 fully saturated rings. The summed E-state index contributed by atoms with van der Waals surface area (Å²) in [5.41, 5.74) is 1.26. The van der Waals surface area contributed by atoms with Gasteiger partial charge >= 0.3 is 5.63 Å². The standard InChI is InChI=1S/C19H25NO3/c1-12-5-4-6-17(13(12)2)20-11-14-9-19(21)23-18-10-15(22-3)7-8-16(14)18/h7-10,12-13,17,20H,4-6,11H2,1-3H3/t12-,13-,17-/m1/s1. The Morgan fingerprint density at radius 2 is 2.09 bits per heavy atom. The van der Waals surface area contributed by atoms with Gasteiger partial charge in [-0.2, -0.15) is 0 Å². The maximum atomic E-state index is 11.8. The van der Waals surface area contributed by atoms with Crippen molar-refractivity contribution in [2.45, 2.75) is 45.7 Å². The van der Waals surface area contributed by atoms with Crippen molar-refractivity contribution in [1.82, 2.24) is 5.32 Å². The van der Waals surface area contributed by atoms with Crippen molar-refractivity contribution < 1.29 is 9.15 Å². The highest BCUT2D eigenvalue weighted by Crippen LogP contribution is 2.30. The number of hydrogen-bond donors (Lipinski definition) is 1. The number of nitrogens with one attached hydrogen (secondary N) is 1. The zero-order chi connectivity index (χ0) is 16.4. The average Bonchev–Trinajstić information content (AvgIpc) is 2.55. The minimum absolute atomic E-state index is 0.312. The molecule has 1 aliphatic carbocycles. The summed E-state index contributed by atoms with van der Waals surface area (Å²) in [7, 11) is 1.61. The van der Waals surface area contributed by atoms with Gasteiger partial charge in [-0.25, -0.2) is 4.79 Å². The molecule has 2 aromatic rings. The quantitative estimate of drug-likeness (QED) is 0.874. The molecular formula is C19H25NO3. The molecule has 3 atom stereocenters. The van der Waals surface area contributed by atoms with E-state index in [4.69, 9.17) is 9.15 Å². The van der Waals surface area contributed by atoms with Crippen molar-refractivity contribution in [3.8, 4) is 5.75 Å². The monoisotopic (exact) mass is 315 g/mol. The van der Waals surface area contributed by atoms with Gasteiger partial charge in [-0.1, -0.05) is 26.7 Å². The van der Waals surface area contributed by atoms with Gasteiger partial charge in [0.25, 0.3) is 0 Å². The van der Waals surface area contributed by atoms with E-state index >= 15 is 0 Å². The van der Waals surface area contributed by atoms with Crippen LogP contribution in [-0.2, 0) is 6.54 Å². The van der Waals surface area contributed by atoms with Crippen molar-refractivity contribution >= 4 is 11.0 Å². The molecule has 0 unspecified atom stereocenters. The van der Waals surface area contributed by atoms with E-state index in [0.29, 0.717) is 29.8 Å². The van der Waals surface area contributed by atoms with Crippen molar-refractivity contribution in [1.29, 1.82) is 0 Å². The predicted octanol–water partition coefficient (Wildman–Crippen LogP) is 3.72. The van der Waals surface area contributed by atoms with E-state index < -0.39 is 0 Å². The lowest BCUT2D eigenvalue weighted by Crippen LogP contribution is -2.40. The van der Waals surface area contributed by atoms with E-state index in [-0.39, 0.29) is 5.63 Å². The molecule has 0 bridgehead atoms.